The second-order valence-corrected chi connectivity index (χ2v) is 5.70. The van der Waals surface area contributed by atoms with Gasteiger partial charge in [-0.05, 0) is 11.1 Å². The fourth-order valence-electron chi connectivity index (χ4n) is 3.05. The van der Waals surface area contributed by atoms with Gasteiger partial charge in [0.15, 0.2) is 0 Å². The SMILES string of the molecule is COC(F)(C#N)C(c1ccccc1)C(c1ccccc1)C(F)(C#N)OC. The molecule has 6 heteroatoms. The van der Waals surface area contributed by atoms with Crippen LogP contribution in [0, 0.1) is 22.7 Å². The van der Waals surface area contributed by atoms with Gasteiger partial charge in [0.2, 0.25) is 0 Å². The van der Waals surface area contributed by atoms with Crippen LogP contribution < -0.4 is 0 Å². The van der Waals surface area contributed by atoms with Crippen molar-refractivity contribution in [2.75, 3.05) is 14.2 Å². The maximum absolute atomic E-state index is 15.4. The molecule has 0 aliphatic rings. The molecule has 26 heavy (non-hydrogen) atoms. The van der Waals surface area contributed by atoms with Gasteiger partial charge in [-0.1, -0.05) is 60.7 Å². The normalized spacial score (nSPS) is 17.8. The Morgan fingerprint density at radius 2 is 1.04 bits per heavy atom. The first-order valence-corrected chi connectivity index (χ1v) is 7.86. The van der Waals surface area contributed by atoms with E-state index in [4.69, 9.17) is 9.47 Å². The summed E-state index contributed by atoms with van der Waals surface area (Å²) in [6.45, 7) is 0. The Balaban J connectivity index is 2.79. The molecular formula is C20H18F2N2O2. The van der Waals surface area contributed by atoms with Crippen molar-refractivity contribution >= 4 is 0 Å². The highest BCUT2D eigenvalue weighted by Gasteiger charge is 2.55. The number of hydrogen-bond donors (Lipinski definition) is 0. The van der Waals surface area contributed by atoms with E-state index in [0.29, 0.717) is 11.1 Å². The van der Waals surface area contributed by atoms with Gasteiger partial charge in [0.05, 0.1) is 11.8 Å². The molecule has 0 bridgehead atoms. The highest BCUT2D eigenvalue weighted by Crippen LogP contribution is 2.49. The van der Waals surface area contributed by atoms with Crippen molar-refractivity contribution in [3.8, 4) is 12.1 Å². The fourth-order valence-corrected chi connectivity index (χ4v) is 3.05. The van der Waals surface area contributed by atoms with E-state index in [1.807, 2.05) is 0 Å². The first-order chi connectivity index (χ1) is 12.5. The van der Waals surface area contributed by atoms with Crippen LogP contribution in [0.25, 0.3) is 0 Å². The quantitative estimate of drug-likeness (QED) is 0.745. The highest BCUT2D eigenvalue weighted by molar-refractivity contribution is 5.36. The van der Waals surface area contributed by atoms with Crippen molar-refractivity contribution in [2.45, 2.75) is 23.5 Å². The molecule has 4 atom stereocenters. The molecule has 0 radical (unpaired) electrons. The molecule has 0 fully saturated rings. The molecule has 0 N–H and O–H groups in total. The second-order valence-electron chi connectivity index (χ2n) is 5.70. The van der Waals surface area contributed by atoms with E-state index in [-0.39, 0.29) is 0 Å². The van der Waals surface area contributed by atoms with E-state index in [2.05, 4.69) is 0 Å². The number of nitrogens with zero attached hydrogens (tertiary/aromatic N) is 2. The number of rotatable bonds is 7. The van der Waals surface area contributed by atoms with Crippen LogP contribution in [0.5, 0.6) is 0 Å². The predicted octanol–water partition coefficient (Wildman–Crippen LogP) is 4.23. The van der Waals surface area contributed by atoms with Gasteiger partial charge in [0.25, 0.3) is 0 Å². The summed E-state index contributed by atoms with van der Waals surface area (Å²) < 4.78 is 40.5. The van der Waals surface area contributed by atoms with Crippen LogP contribution in [0.15, 0.2) is 60.7 Å². The van der Waals surface area contributed by atoms with Crippen LogP contribution in [-0.2, 0) is 9.47 Å². The summed E-state index contributed by atoms with van der Waals surface area (Å²) in [7, 11) is 2.06. The Morgan fingerprint density at radius 3 is 1.27 bits per heavy atom. The Hall–Kier alpha value is -2.80. The summed E-state index contributed by atoms with van der Waals surface area (Å²) in [5, 5.41) is 18.9. The van der Waals surface area contributed by atoms with Gasteiger partial charge < -0.3 is 9.47 Å². The van der Waals surface area contributed by atoms with Crippen molar-refractivity contribution in [1.29, 1.82) is 10.5 Å². The average molecular weight is 356 g/mol. The third-order valence-corrected chi connectivity index (χ3v) is 4.35. The van der Waals surface area contributed by atoms with Crippen LogP contribution >= 0.6 is 0 Å². The molecule has 0 saturated carbocycles. The second kappa shape index (κ2) is 8.05. The summed E-state index contributed by atoms with van der Waals surface area (Å²) in [6.07, 6.45) is 0. The van der Waals surface area contributed by atoms with Crippen LogP contribution in [0.4, 0.5) is 8.78 Å². The topological polar surface area (TPSA) is 66.0 Å². The standard InChI is InChI=1S/C20H18F2N2O2/c1-25-19(21,13-23)17(15-9-5-3-6-10-15)18(20(22,14-24)26-2)16-11-7-4-8-12-16/h3-12,17-18H,1-2H3. The number of hydrogen-bond acceptors (Lipinski definition) is 4. The molecule has 0 aromatic heterocycles. The lowest BCUT2D eigenvalue weighted by molar-refractivity contribution is -0.148. The molecule has 2 rings (SSSR count). The Bertz CT molecular complexity index is 735. The van der Waals surface area contributed by atoms with Gasteiger partial charge in [0.1, 0.15) is 12.1 Å². The van der Waals surface area contributed by atoms with E-state index in [9.17, 15) is 10.5 Å². The third kappa shape index (κ3) is 3.57. The molecular weight excluding hydrogens is 338 g/mol. The molecule has 2 aromatic rings. The summed E-state index contributed by atoms with van der Waals surface area (Å²) >= 11 is 0. The number of halogens is 2. The average Bonchev–Trinajstić information content (AvgIpc) is 2.72. The molecule has 0 saturated heterocycles. The molecule has 134 valence electrons. The zero-order valence-corrected chi connectivity index (χ0v) is 14.4. The third-order valence-electron chi connectivity index (χ3n) is 4.35. The van der Waals surface area contributed by atoms with Crippen molar-refractivity contribution in [3.05, 3.63) is 71.8 Å². The molecule has 4 unspecified atom stereocenters. The lowest BCUT2D eigenvalue weighted by atomic mass is 9.73. The smallest absolute Gasteiger partial charge is 0.304 e. The molecule has 4 nitrogen and oxygen atoms in total. The lowest BCUT2D eigenvalue weighted by Gasteiger charge is -2.38. The van der Waals surface area contributed by atoms with Crippen molar-refractivity contribution in [2.24, 2.45) is 0 Å². The molecule has 0 amide bonds. The van der Waals surface area contributed by atoms with Crippen molar-refractivity contribution in [1.82, 2.24) is 0 Å². The number of alkyl halides is 2. The zero-order valence-electron chi connectivity index (χ0n) is 14.4. The van der Waals surface area contributed by atoms with Crippen molar-refractivity contribution in [3.63, 3.8) is 0 Å². The van der Waals surface area contributed by atoms with Gasteiger partial charge in [-0.25, -0.2) is 0 Å². The Kier molecular flexibility index (Phi) is 6.05. The number of methoxy groups -OCH3 is 2. The van der Waals surface area contributed by atoms with Crippen LogP contribution in [0.1, 0.15) is 23.0 Å². The highest BCUT2D eigenvalue weighted by atomic mass is 19.2. The number of nitriles is 2. The fraction of sp³-hybridized carbons (Fsp3) is 0.300. The summed E-state index contributed by atoms with van der Waals surface area (Å²) in [4.78, 5) is 0. The van der Waals surface area contributed by atoms with Gasteiger partial charge in [-0.2, -0.15) is 19.3 Å². The summed E-state index contributed by atoms with van der Waals surface area (Å²) in [5.41, 5.74) is 0.614. The maximum Gasteiger partial charge on any atom is 0.304 e. The summed E-state index contributed by atoms with van der Waals surface area (Å²) in [6, 6.07) is 19.1. The van der Waals surface area contributed by atoms with Gasteiger partial charge >= 0.3 is 11.7 Å². The number of ether oxygens (including phenoxy) is 2. The molecule has 0 spiro atoms. The summed E-state index contributed by atoms with van der Waals surface area (Å²) in [5.74, 6) is -8.67. The van der Waals surface area contributed by atoms with E-state index in [0.717, 1.165) is 14.2 Å². The molecule has 0 aliphatic carbocycles. The molecule has 0 heterocycles. The first kappa shape index (κ1) is 19.5. The van der Waals surface area contributed by atoms with Gasteiger partial charge in [-0.3, -0.25) is 0 Å². The lowest BCUT2D eigenvalue weighted by Crippen LogP contribution is -2.44. The van der Waals surface area contributed by atoms with Crippen LogP contribution in [0.2, 0.25) is 0 Å². The minimum atomic E-state index is -2.88. The van der Waals surface area contributed by atoms with Crippen LogP contribution in [0.3, 0.4) is 0 Å². The predicted molar refractivity (Wildman–Crippen MR) is 91.3 cm³/mol. The Morgan fingerprint density at radius 1 is 0.731 bits per heavy atom. The van der Waals surface area contributed by atoms with E-state index >= 15 is 8.78 Å². The zero-order chi connectivity index (χ0) is 19.2. The maximum atomic E-state index is 15.4. The van der Waals surface area contributed by atoms with Crippen molar-refractivity contribution < 1.29 is 18.3 Å². The van der Waals surface area contributed by atoms with Gasteiger partial charge in [0, 0.05) is 14.2 Å². The first-order valence-electron chi connectivity index (χ1n) is 7.86. The van der Waals surface area contributed by atoms with Crippen LogP contribution in [-0.4, -0.2) is 25.9 Å². The monoisotopic (exact) mass is 356 g/mol. The molecule has 2 aromatic carbocycles. The van der Waals surface area contributed by atoms with E-state index in [1.54, 1.807) is 60.7 Å². The van der Waals surface area contributed by atoms with E-state index in [1.165, 1.54) is 12.1 Å². The van der Waals surface area contributed by atoms with Gasteiger partial charge in [-0.15, -0.1) is 0 Å². The van der Waals surface area contributed by atoms with E-state index < -0.39 is 23.5 Å². The minimum Gasteiger partial charge on any atom is -0.338 e. The Labute approximate surface area is 151 Å². The molecule has 0 aliphatic heterocycles. The minimum absolute atomic E-state index is 0.307. The largest absolute Gasteiger partial charge is 0.338 e. The number of benzene rings is 2.